The van der Waals surface area contributed by atoms with Crippen LogP contribution in [0.4, 0.5) is 0 Å². The Kier molecular flexibility index (Phi) is 3.66. The van der Waals surface area contributed by atoms with E-state index in [2.05, 4.69) is 4.98 Å². The van der Waals surface area contributed by atoms with E-state index in [1.165, 1.54) is 0 Å². The van der Waals surface area contributed by atoms with E-state index in [1.807, 2.05) is 6.92 Å². The van der Waals surface area contributed by atoms with Gasteiger partial charge in [-0.15, -0.1) is 0 Å². The van der Waals surface area contributed by atoms with Crippen LogP contribution in [0.15, 0.2) is 18.2 Å². The molecule has 0 fully saturated rings. The Morgan fingerprint density at radius 3 is 2.76 bits per heavy atom. The van der Waals surface area contributed by atoms with Crippen molar-refractivity contribution in [3.8, 4) is 10.9 Å². The van der Waals surface area contributed by atoms with Crippen molar-refractivity contribution >= 4 is 40.8 Å². The molecule has 0 bridgehead atoms. The van der Waals surface area contributed by atoms with Crippen LogP contribution in [0.1, 0.15) is 15.2 Å². The maximum absolute atomic E-state index is 10.6. The van der Waals surface area contributed by atoms with Gasteiger partial charge in [-0.25, -0.2) is 0 Å². The first-order chi connectivity index (χ1) is 8.10. The molecule has 0 aliphatic carbocycles. The lowest BCUT2D eigenvalue weighted by Crippen LogP contribution is -1.84. The van der Waals surface area contributed by atoms with Crippen molar-refractivity contribution in [2.45, 2.75) is 6.92 Å². The molecule has 0 spiro atoms. The zero-order valence-electron chi connectivity index (χ0n) is 8.74. The van der Waals surface area contributed by atoms with Crippen molar-refractivity contribution in [1.82, 2.24) is 4.98 Å². The van der Waals surface area contributed by atoms with Crippen LogP contribution in [0.5, 0.6) is 10.9 Å². The molecule has 0 aliphatic heterocycles. The first kappa shape index (κ1) is 12.4. The van der Waals surface area contributed by atoms with E-state index in [-0.39, 0.29) is 5.15 Å². The second kappa shape index (κ2) is 5.04. The second-order valence-corrected chi connectivity index (χ2v) is 5.02. The van der Waals surface area contributed by atoms with Crippen molar-refractivity contribution in [2.75, 3.05) is 0 Å². The van der Waals surface area contributed by atoms with Crippen molar-refractivity contribution in [3.05, 3.63) is 38.8 Å². The number of hydrogen-bond acceptors (Lipinski definition) is 4. The van der Waals surface area contributed by atoms with E-state index in [0.717, 1.165) is 16.9 Å². The molecule has 2 aromatic rings. The summed E-state index contributed by atoms with van der Waals surface area (Å²) < 4.78 is 5.48. The number of carbonyl (C=O) groups is 1. The lowest BCUT2D eigenvalue weighted by molar-refractivity contribution is 0.112. The smallest absolute Gasteiger partial charge is 0.280 e. The molecule has 0 unspecified atom stereocenters. The number of benzene rings is 1. The number of halogens is 2. The Labute approximate surface area is 112 Å². The van der Waals surface area contributed by atoms with Crippen LogP contribution >= 0.6 is 34.5 Å². The zero-order valence-corrected chi connectivity index (χ0v) is 11.1. The maximum atomic E-state index is 10.6. The van der Waals surface area contributed by atoms with E-state index in [1.54, 1.807) is 18.2 Å². The van der Waals surface area contributed by atoms with Crippen molar-refractivity contribution in [1.29, 1.82) is 0 Å². The summed E-state index contributed by atoms with van der Waals surface area (Å²) >= 11 is 12.7. The molecule has 0 radical (unpaired) electrons. The summed E-state index contributed by atoms with van der Waals surface area (Å²) in [7, 11) is 0. The Bertz CT molecular complexity index is 569. The van der Waals surface area contributed by atoms with Crippen LogP contribution in [-0.4, -0.2) is 11.3 Å². The summed E-state index contributed by atoms with van der Waals surface area (Å²) in [5, 5.41) is 1.16. The van der Waals surface area contributed by atoms with E-state index in [9.17, 15) is 4.79 Å². The first-order valence-corrected chi connectivity index (χ1v) is 6.23. The fraction of sp³-hybridized carbons (Fsp3) is 0.0909. The first-order valence-electron chi connectivity index (χ1n) is 4.65. The van der Waals surface area contributed by atoms with Gasteiger partial charge in [-0.2, -0.15) is 4.98 Å². The standard InChI is InChI=1S/C11H7Cl2NO2S/c1-6-4-7(2-3-8(6)12)16-11-14-10(13)9(5-15)17-11/h2-5H,1H3. The highest BCUT2D eigenvalue weighted by Gasteiger charge is 2.10. The highest BCUT2D eigenvalue weighted by molar-refractivity contribution is 7.15. The van der Waals surface area contributed by atoms with Gasteiger partial charge in [0.1, 0.15) is 10.6 Å². The van der Waals surface area contributed by atoms with Crippen LogP contribution in [0.2, 0.25) is 10.2 Å². The highest BCUT2D eigenvalue weighted by atomic mass is 35.5. The molecule has 0 saturated carbocycles. The Hall–Kier alpha value is -1.10. The van der Waals surface area contributed by atoms with E-state index in [0.29, 0.717) is 27.1 Å². The van der Waals surface area contributed by atoms with Crippen molar-refractivity contribution < 1.29 is 9.53 Å². The Morgan fingerprint density at radius 2 is 2.18 bits per heavy atom. The molecule has 0 atom stereocenters. The van der Waals surface area contributed by atoms with E-state index in [4.69, 9.17) is 27.9 Å². The minimum atomic E-state index is 0.158. The second-order valence-electron chi connectivity index (χ2n) is 3.27. The maximum Gasteiger partial charge on any atom is 0.280 e. The summed E-state index contributed by atoms with van der Waals surface area (Å²) in [5.41, 5.74) is 0.905. The predicted octanol–water partition coefficient (Wildman–Crippen LogP) is 4.36. The summed E-state index contributed by atoms with van der Waals surface area (Å²) in [5.74, 6) is 0.606. The molecule has 17 heavy (non-hydrogen) atoms. The minimum absolute atomic E-state index is 0.158. The third kappa shape index (κ3) is 2.77. The quantitative estimate of drug-likeness (QED) is 0.787. The monoisotopic (exact) mass is 287 g/mol. The predicted molar refractivity (Wildman–Crippen MR) is 68.8 cm³/mol. The van der Waals surface area contributed by atoms with Gasteiger partial charge in [0.15, 0.2) is 11.4 Å². The number of ether oxygens (including phenoxy) is 1. The van der Waals surface area contributed by atoms with Crippen LogP contribution in [0.3, 0.4) is 0 Å². The fourth-order valence-electron chi connectivity index (χ4n) is 1.19. The molecule has 1 heterocycles. The summed E-state index contributed by atoms with van der Waals surface area (Å²) in [6.07, 6.45) is 0.653. The Morgan fingerprint density at radius 1 is 1.41 bits per heavy atom. The number of aryl methyl sites for hydroxylation is 1. The third-order valence-electron chi connectivity index (χ3n) is 2.03. The van der Waals surface area contributed by atoms with Gasteiger partial charge in [0, 0.05) is 5.02 Å². The lowest BCUT2D eigenvalue weighted by atomic mass is 10.2. The van der Waals surface area contributed by atoms with Gasteiger partial charge in [0.25, 0.3) is 5.19 Å². The largest absolute Gasteiger partial charge is 0.431 e. The molecule has 3 nitrogen and oxygen atoms in total. The zero-order chi connectivity index (χ0) is 12.4. The number of thiazole rings is 1. The molecule has 1 aromatic carbocycles. The molecule has 0 amide bonds. The van der Waals surface area contributed by atoms with Crippen LogP contribution in [-0.2, 0) is 0 Å². The number of hydrogen-bond donors (Lipinski definition) is 0. The summed E-state index contributed by atoms with van der Waals surface area (Å²) in [6.45, 7) is 1.88. The highest BCUT2D eigenvalue weighted by Crippen LogP contribution is 2.32. The lowest BCUT2D eigenvalue weighted by Gasteiger charge is -2.03. The van der Waals surface area contributed by atoms with E-state index < -0.39 is 0 Å². The molecule has 0 aliphatic rings. The van der Waals surface area contributed by atoms with Crippen LogP contribution in [0, 0.1) is 6.92 Å². The topological polar surface area (TPSA) is 39.2 Å². The van der Waals surface area contributed by atoms with Gasteiger partial charge >= 0.3 is 0 Å². The molecule has 2 rings (SSSR count). The molecule has 0 N–H and O–H groups in total. The number of aldehydes is 1. The normalized spacial score (nSPS) is 10.3. The van der Waals surface area contributed by atoms with Crippen molar-refractivity contribution in [3.63, 3.8) is 0 Å². The van der Waals surface area contributed by atoms with Crippen molar-refractivity contribution in [2.24, 2.45) is 0 Å². The van der Waals surface area contributed by atoms with Gasteiger partial charge in [-0.05, 0) is 30.7 Å². The third-order valence-corrected chi connectivity index (χ3v) is 3.71. The fourth-order valence-corrected chi connectivity index (χ4v) is 2.24. The molecular formula is C11H7Cl2NO2S. The SMILES string of the molecule is Cc1cc(Oc2nc(Cl)c(C=O)s2)ccc1Cl. The van der Waals surface area contributed by atoms with Crippen LogP contribution < -0.4 is 4.74 Å². The molecule has 6 heteroatoms. The summed E-state index contributed by atoms with van der Waals surface area (Å²) in [4.78, 5) is 14.9. The average molecular weight is 288 g/mol. The number of nitrogens with zero attached hydrogens (tertiary/aromatic N) is 1. The number of carbonyl (C=O) groups excluding carboxylic acids is 1. The number of rotatable bonds is 3. The van der Waals surface area contributed by atoms with Gasteiger partial charge in [-0.1, -0.05) is 34.5 Å². The molecular weight excluding hydrogens is 281 g/mol. The van der Waals surface area contributed by atoms with Gasteiger partial charge in [0.2, 0.25) is 0 Å². The summed E-state index contributed by atoms with van der Waals surface area (Å²) in [6, 6.07) is 5.26. The Balaban J connectivity index is 2.25. The van der Waals surface area contributed by atoms with E-state index >= 15 is 0 Å². The molecule has 88 valence electrons. The van der Waals surface area contributed by atoms with Crippen LogP contribution in [0.25, 0.3) is 0 Å². The van der Waals surface area contributed by atoms with Gasteiger partial charge in [0.05, 0.1) is 0 Å². The molecule has 0 saturated heterocycles. The van der Waals surface area contributed by atoms with Gasteiger partial charge < -0.3 is 4.74 Å². The number of aromatic nitrogens is 1. The average Bonchev–Trinajstić information content (AvgIpc) is 2.64. The van der Waals surface area contributed by atoms with Gasteiger partial charge in [-0.3, -0.25) is 4.79 Å². The minimum Gasteiger partial charge on any atom is -0.431 e. The molecule has 1 aromatic heterocycles.